The van der Waals surface area contributed by atoms with Gasteiger partial charge >= 0.3 is 5.97 Å². The van der Waals surface area contributed by atoms with E-state index in [-0.39, 0.29) is 12.2 Å². The Morgan fingerprint density at radius 1 is 1.25 bits per heavy atom. The van der Waals surface area contributed by atoms with Crippen LogP contribution in [0, 0.1) is 0 Å². The van der Waals surface area contributed by atoms with Crippen molar-refractivity contribution in [2.45, 2.75) is 24.3 Å². The summed E-state index contributed by atoms with van der Waals surface area (Å²) in [6.45, 7) is 1.46. The minimum atomic E-state index is -3.47. The molecule has 2 N–H and O–H groups in total. The van der Waals surface area contributed by atoms with Crippen LogP contribution in [-0.2, 0) is 25.1 Å². The van der Waals surface area contributed by atoms with Crippen molar-refractivity contribution in [3.8, 4) is 0 Å². The first kappa shape index (κ1) is 16.2. The average molecular weight is 299 g/mol. The molecular weight excluding hydrogens is 282 g/mol. The van der Waals surface area contributed by atoms with Crippen LogP contribution in [0.1, 0.15) is 29.3 Å². The van der Waals surface area contributed by atoms with Gasteiger partial charge in [-0.25, -0.2) is 8.42 Å². The molecule has 1 aromatic rings. The van der Waals surface area contributed by atoms with Crippen LogP contribution < -0.4 is 5.73 Å². The lowest BCUT2D eigenvalue weighted by Crippen LogP contribution is -2.23. The Kier molecular flexibility index (Phi) is 5.26. The highest BCUT2D eigenvalue weighted by molar-refractivity contribution is 7.91. The van der Waals surface area contributed by atoms with E-state index < -0.39 is 27.0 Å². The van der Waals surface area contributed by atoms with Gasteiger partial charge in [-0.2, -0.15) is 0 Å². The molecule has 1 amide bonds. The monoisotopic (exact) mass is 299 g/mol. The highest BCUT2D eigenvalue weighted by Crippen LogP contribution is 2.15. The summed E-state index contributed by atoms with van der Waals surface area (Å²) in [6, 6.07) is 6.00. The number of esters is 1. The third-order valence-corrected chi connectivity index (χ3v) is 5.03. The van der Waals surface area contributed by atoms with E-state index in [0.29, 0.717) is 11.1 Å². The van der Waals surface area contributed by atoms with Crippen LogP contribution >= 0.6 is 0 Å². The summed E-state index contributed by atoms with van der Waals surface area (Å²) in [5.74, 6) is -1.34. The molecule has 0 radical (unpaired) electrons. The fraction of sp³-hybridized carbons (Fsp3) is 0.385. The van der Waals surface area contributed by atoms with E-state index in [4.69, 9.17) is 5.73 Å². The molecule has 1 aromatic carbocycles. The van der Waals surface area contributed by atoms with Gasteiger partial charge in [-0.3, -0.25) is 9.59 Å². The second-order valence-corrected chi connectivity index (χ2v) is 6.88. The summed E-state index contributed by atoms with van der Waals surface area (Å²) in [6.07, 6.45) is -0.182. The minimum absolute atomic E-state index is 0.182. The van der Waals surface area contributed by atoms with Gasteiger partial charge in [-0.15, -0.1) is 0 Å². The molecule has 0 aliphatic rings. The number of methoxy groups -OCH3 is 1. The van der Waals surface area contributed by atoms with Crippen LogP contribution in [0.5, 0.6) is 0 Å². The number of nitrogens with two attached hydrogens (primary N) is 1. The van der Waals surface area contributed by atoms with E-state index >= 15 is 0 Å². The van der Waals surface area contributed by atoms with Crippen molar-refractivity contribution >= 4 is 21.7 Å². The Morgan fingerprint density at radius 3 is 2.25 bits per heavy atom. The maximum Gasteiger partial charge on any atom is 0.306 e. The lowest BCUT2D eigenvalue weighted by molar-refractivity contribution is -0.140. The Balaban J connectivity index is 2.80. The van der Waals surface area contributed by atoms with Crippen LogP contribution in [-0.4, -0.2) is 32.7 Å². The van der Waals surface area contributed by atoms with Crippen molar-refractivity contribution in [3.63, 3.8) is 0 Å². The quantitative estimate of drug-likeness (QED) is 0.777. The van der Waals surface area contributed by atoms with Gasteiger partial charge in [0.05, 0.1) is 24.5 Å². The van der Waals surface area contributed by atoms with E-state index in [1.54, 1.807) is 0 Å². The third-order valence-electron chi connectivity index (χ3n) is 2.90. The average Bonchev–Trinajstić information content (AvgIpc) is 2.38. The van der Waals surface area contributed by atoms with Crippen LogP contribution in [0.15, 0.2) is 24.3 Å². The van der Waals surface area contributed by atoms with Crippen molar-refractivity contribution in [1.82, 2.24) is 0 Å². The fourth-order valence-electron chi connectivity index (χ4n) is 1.58. The molecule has 0 aromatic heterocycles. The first-order chi connectivity index (χ1) is 9.26. The molecule has 0 fully saturated rings. The zero-order valence-corrected chi connectivity index (χ0v) is 12.1. The molecule has 1 unspecified atom stereocenters. The molecule has 1 rings (SSSR count). The van der Waals surface area contributed by atoms with Gasteiger partial charge in [0.2, 0.25) is 5.91 Å². The SMILES string of the molecule is COC(=O)CC(C)S(=O)(=O)Cc1ccc(C(N)=O)cc1. The Bertz CT molecular complexity index is 592. The number of primary amides is 1. The number of hydrogen-bond donors (Lipinski definition) is 1. The Hall–Kier alpha value is -1.89. The molecule has 0 heterocycles. The molecule has 0 saturated carbocycles. The number of rotatable bonds is 6. The van der Waals surface area contributed by atoms with Gasteiger partial charge in [-0.05, 0) is 24.6 Å². The topological polar surface area (TPSA) is 104 Å². The normalized spacial score (nSPS) is 12.7. The van der Waals surface area contributed by atoms with Gasteiger partial charge in [0, 0.05) is 5.56 Å². The van der Waals surface area contributed by atoms with Crippen LogP contribution in [0.4, 0.5) is 0 Å². The minimum Gasteiger partial charge on any atom is -0.469 e. The van der Waals surface area contributed by atoms with E-state index in [1.807, 2.05) is 0 Å². The molecule has 6 nitrogen and oxygen atoms in total. The first-order valence-electron chi connectivity index (χ1n) is 5.93. The number of benzene rings is 1. The number of ether oxygens (including phenoxy) is 1. The van der Waals surface area contributed by atoms with Crippen molar-refractivity contribution in [2.75, 3.05) is 7.11 Å². The number of hydrogen-bond acceptors (Lipinski definition) is 5. The number of amides is 1. The van der Waals surface area contributed by atoms with E-state index in [9.17, 15) is 18.0 Å². The molecule has 20 heavy (non-hydrogen) atoms. The molecule has 0 spiro atoms. The summed E-state index contributed by atoms with van der Waals surface area (Å²) in [5, 5.41) is -0.828. The summed E-state index contributed by atoms with van der Waals surface area (Å²) in [5.41, 5.74) is 5.95. The molecule has 0 bridgehead atoms. The van der Waals surface area contributed by atoms with Crippen molar-refractivity contribution in [2.24, 2.45) is 5.73 Å². The maximum atomic E-state index is 12.1. The van der Waals surface area contributed by atoms with E-state index in [2.05, 4.69) is 4.74 Å². The highest BCUT2D eigenvalue weighted by atomic mass is 32.2. The van der Waals surface area contributed by atoms with Crippen LogP contribution in [0.3, 0.4) is 0 Å². The zero-order valence-electron chi connectivity index (χ0n) is 11.3. The molecular formula is C13H17NO5S. The van der Waals surface area contributed by atoms with Gasteiger partial charge < -0.3 is 10.5 Å². The number of sulfone groups is 1. The van der Waals surface area contributed by atoms with Gasteiger partial charge in [-0.1, -0.05) is 12.1 Å². The molecule has 110 valence electrons. The van der Waals surface area contributed by atoms with Crippen LogP contribution in [0.25, 0.3) is 0 Å². The molecule has 1 atom stereocenters. The van der Waals surface area contributed by atoms with Gasteiger partial charge in [0.25, 0.3) is 0 Å². The van der Waals surface area contributed by atoms with Crippen molar-refractivity contribution in [1.29, 1.82) is 0 Å². The zero-order chi connectivity index (χ0) is 15.3. The smallest absolute Gasteiger partial charge is 0.306 e. The highest BCUT2D eigenvalue weighted by Gasteiger charge is 2.24. The summed E-state index contributed by atoms with van der Waals surface area (Å²) in [7, 11) is -2.26. The van der Waals surface area contributed by atoms with Crippen molar-refractivity contribution < 1.29 is 22.7 Å². The molecule has 0 saturated heterocycles. The molecule has 7 heteroatoms. The number of carbonyl (C=O) groups excluding carboxylic acids is 2. The predicted molar refractivity (Wildman–Crippen MR) is 73.7 cm³/mol. The lowest BCUT2D eigenvalue weighted by atomic mass is 10.1. The first-order valence-corrected chi connectivity index (χ1v) is 7.65. The Morgan fingerprint density at radius 2 is 1.80 bits per heavy atom. The second-order valence-electron chi connectivity index (χ2n) is 4.46. The standard InChI is InChI=1S/C13H17NO5S/c1-9(7-12(15)19-2)20(17,18)8-10-3-5-11(6-4-10)13(14)16/h3-6,9H,7-8H2,1-2H3,(H2,14,16). The number of carbonyl (C=O) groups is 2. The third kappa shape index (κ3) is 4.34. The predicted octanol–water partition coefficient (Wildman–Crippen LogP) is 0.652. The largest absolute Gasteiger partial charge is 0.469 e. The molecule has 0 aliphatic carbocycles. The second kappa shape index (κ2) is 6.51. The van der Waals surface area contributed by atoms with E-state index in [0.717, 1.165) is 0 Å². The fourth-order valence-corrected chi connectivity index (χ4v) is 2.92. The van der Waals surface area contributed by atoms with Crippen LogP contribution in [0.2, 0.25) is 0 Å². The van der Waals surface area contributed by atoms with Gasteiger partial charge in [0.15, 0.2) is 9.84 Å². The summed E-state index contributed by atoms with van der Waals surface area (Å²) < 4.78 is 28.6. The van der Waals surface area contributed by atoms with E-state index in [1.165, 1.54) is 38.3 Å². The molecule has 0 aliphatic heterocycles. The van der Waals surface area contributed by atoms with Crippen molar-refractivity contribution in [3.05, 3.63) is 35.4 Å². The lowest BCUT2D eigenvalue weighted by Gasteiger charge is -2.11. The summed E-state index contributed by atoms with van der Waals surface area (Å²) in [4.78, 5) is 22.0. The maximum absolute atomic E-state index is 12.1. The summed E-state index contributed by atoms with van der Waals surface area (Å²) >= 11 is 0. The Labute approximate surface area is 117 Å². The van der Waals surface area contributed by atoms with Gasteiger partial charge in [0.1, 0.15) is 0 Å².